The van der Waals surface area contributed by atoms with Crippen molar-refractivity contribution in [1.82, 2.24) is 0 Å². The van der Waals surface area contributed by atoms with E-state index in [0.29, 0.717) is 170 Å². The molecule has 0 spiro atoms. The molecule has 0 radical (unpaired) electrons. The molecule has 1 aromatic rings. The molecule has 0 bridgehead atoms. The van der Waals surface area contributed by atoms with E-state index in [1.54, 1.807) is 6.92 Å². The normalized spacial score (nSPS) is 12.3. The van der Waals surface area contributed by atoms with Gasteiger partial charge in [-0.1, -0.05) is 30.4 Å². The highest BCUT2D eigenvalue weighted by Crippen LogP contribution is 2.34. The summed E-state index contributed by atoms with van der Waals surface area (Å²) in [5.41, 5.74) is 0. The van der Waals surface area contributed by atoms with Gasteiger partial charge in [-0.05, 0) is 25.5 Å². The molecule has 1 rings (SSSR count). The fraction of sp³-hybridized carbons (Fsp3) is 0.778. The van der Waals surface area contributed by atoms with Gasteiger partial charge in [-0.2, -0.15) is 14.0 Å². The van der Waals surface area contributed by atoms with Crippen LogP contribution in [-0.2, 0) is 71.2 Å². The third-order valence-corrected chi connectivity index (χ3v) is 10.8. The zero-order valence-electron chi connectivity index (χ0n) is 40.2. The fourth-order valence-electron chi connectivity index (χ4n) is 5.07. The van der Waals surface area contributed by atoms with Crippen LogP contribution in [0, 0.1) is 40.4 Å². The number of nitrogens with zero attached hydrogens (tertiary/aromatic N) is 1. The molecule has 0 fully saturated rings. The quantitative estimate of drug-likeness (QED) is 0.0186. The van der Waals surface area contributed by atoms with E-state index in [1.165, 1.54) is 11.8 Å². The number of benzene rings is 1. The lowest BCUT2D eigenvalue weighted by atomic mass is 10.0. The second kappa shape index (κ2) is 45.0. The largest absolute Gasteiger partial charge is 0.420 e. The zero-order chi connectivity index (χ0) is 51.3. The summed E-state index contributed by atoms with van der Waals surface area (Å²) in [6.07, 6.45) is 1.06. The fourth-order valence-corrected chi connectivity index (χ4v) is 7.07. The maximum absolute atomic E-state index is 13.6. The second-order valence-corrected chi connectivity index (χ2v) is 17.3. The number of esters is 1. The van der Waals surface area contributed by atoms with E-state index < -0.39 is 52.0 Å². The van der Waals surface area contributed by atoms with Gasteiger partial charge in [0, 0.05) is 19.4 Å². The first-order valence-corrected chi connectivity index (χ1v) is 24.8. The average molecular weight is 1060 g/mol. The van der Waals surface area contributed by atoms with E-state index in [1.807, 2.05) is 6.92 Å². The van der Waals surface area contributed by atoms with Crippen LogP contribution in [0.1, 0.15) is 46.0 Å². The Labute approximate surface area is 415 Å². The molecule has 1 unspecified atom stereocenters. The minimum atomic E-state index is -2.35. The van der Waals surface area contributed by atoms with E-state index in [-0.39, 0.29) is 43.1 Å². The molecular weight excluding hydrogens is 986 g/mol. The number of thioether (sulfide) groups is 2. The number of nitriles is 1. The predicted molar refractivity (Wildman–Crippen MR) is 246 cm³/mol. The van der Waals surface area contributed by atoms with Gasteiger partial charge >= 0.3 is 5.97 Å². The first-order valence-electron chi connectivity index (χ1n) is 23.0. The Kier molecular flexibility index (Phi) is 42.0. The predicted octanol–water partition coefficient (Wildman–Crippen LogP) is 5.91. The van der Waals surface area contributed by atoms with Crippen molar-refractivity contribution in [2.45, 2.75) is 50.7 Å². The third kappa shape index (κ3) is 35.5. The molecule has 1 atom stereocenters. The van der Waals surface area contributed by atoms with E-state index in [2.05, 4.69) is 10.8 Å². The van der Waals surface area contributed by atoms with Gasteiger partial charge in [0.2, 0.25) is 39.3 Å². The van der Waals surface area contributed by atoms with Crippen molar-refractivity contribution in [3.05, 3.63) is 29.1 Å². The summed E-state index contributed by atoms with van der Waals surface area (Å²) >= 11 is 2.16. The van der Waals surface area contributed by atoms with Crippen LogP contribution in [0.15, 0.2) is 0 Å². The van der Waals surface area contributed by atoms with Crippen LogP contribution in [0.5, 0.6) is 5.75 Å². The van der Waals surface area contributed by atoms with Gasteiger partial charge in [0.1, 0.15) is 10.5 Å². The van der Waals surface area contributed by atoms with Gasteiger partial charge in [-0.25, -0.2) is 13.2 Å². The average Bonchev–Trinajstić information content (AvgIpc) is 3.35. The maximum Gasteiger partial charge on any atom is 0.313 e. The molecule has 0 aromatic heterocycles. The number of hydrogen-bond acceptors (Lipinski definition) is 20. The first-order chi connectivity index (χ1) is 34.0. The number of rotatable bonds is 49. The smallest absolute Gasteiger partial charge is 0.313 e. The third-order valence-electron chi connectivity index (χ3n) is 8.73. The highest BCUT2D eigenvalue weighted by molar-refractivity contribution is 8.39. The summed E-state index contributed by atoms with van der Waals surface area (Å²) in [4.78, 5) is 35.7. The number of carbonyl (C=O) groups is 3. The number of carbonyl (C=O) groups excluding carboxylic acids is 3. The second-order valence-electron chi connectivity index (χ2n) is 14.4. The van der Waals surface area contributed by atoms with Crippen LogP contribution in [0.4, 0.5) is 26.7 Å². The van der Waals surface area contributed by atoms with E-state index in [0.717, 1.165) is 11.8 Å². The summed E-state index contributed by atoms with van der Waals surface area (Å²) in [5, 5.41) is 9.43. The minimum Gasteiger partial charge on any atom is -0.420 e. The SMILES string of the molecule is CCSC(=O)SC(C)(C#N)CCC(=O)CCCOCCOCCOCCOCCOCCOCCOCCOCCOCCOCCOCCOCCOCCC(=O)Oc1c(F)c(F)c(F)c(F)c1F. The number of ketones is 1. The van der Waals surface area contributed by atoms with Gasteiger partial charge in [0.05, 0.1) is 178 Å². The summed E-state index contributed by atoms with van der Waals surface area (Å²) in [7, 11) is 0. The molecule has 0 heterocycles. The van der Waals surface area contributed by atoms with Gasteiger partial charge in [0.15, 0.2) is 0 Å². The Hall–Kier alpha value is -2.65. The Morgan fingerprint density at radius 1 is 0.457 bits per heavy atom. The van der Waals surface area contributed by atoms with E-state index >= 15 is 0 Å². The van der Waals surface area contributed by atoms with Crippen LogP contribution in [-0.4, -0.2) is 198 Å². The highest BCUT2D eigenvalue weighted by atomic mass is 32.2. The van der Waals surface area contributed by atoms with Crippen molar-refractivity contribution < 1.29 is 103 Å². The van der Waals surface area contributed by atoms with Crippen LogP contribution >= 0.6 is 23.5 Å². The van der Waals surface area contributed by atoms with Gasteiger partial charge < -0.3 is 66.3 Å². The Balaban J connectivity index is 1.71. The molecule has 0 saturated carbocycles. The monoisotopic (exact) mass is 1060 g/mol. The molecule has 1 aromatic carbocycles. The zero-order valence-corrected chi connectivity index (χ0v) is 41.9. The van der Waals surface area contributed by atoms with Gasteiger partial charge in [0.25, 0.3) is 0 Å². The lowest BCUT2D eigenvalue weighted by Crippen LogP contribution is -2.20. The van der Waals surface area contributed by atoms with Gasteiger partial charge in [-0.15, -0.1) is 0 Å². The number of Topliss-reactive ketones (excluding diaryl/α,β-unsaturated/α-hetero) is 1. The Morgan fingerprint density at radius 2 is 0.757 bits per heavy atom. The number of halogens is 5. The lowest BCUT2D eigenvalue weighted by Gasteiger charge is -2.18. The molecule has 0 aliphatic carbocycles. The molecule has 18 nitrogen and oxygen atoms in total. The van der Waals surface area contributed by atoms with Gasteiger partial charge in [-0.3, -0.25) is 14.4 Å². The molecule has 0 saturated heterocycles. The van der Waals surface area contributed by atoms with Crippen LogP contribution in [0.3, 0.4) is 0 Å². The Bertz CT molecular complexity index is 1550. The summed E-state index contributed by atoms with van der Waals surface area (Å²) in [6.45, 7) is 12.9. The van der Waals surface area contributed by atoms with Crippen molar-refractivity contribution in [1.29, 1.82) is 5.26 Å². The van der Waals surface area contributed by atoms with Crippen LogP contribution in [0.2, 0.25) is 0 Å². The lowest BCUT2D eigenvalue weighted by molar-refractivity contribution is -0.136. The molecule has 70 heavy (non-hydrogen) atoms. The maximum atomic E-state index is 13.6. The minimum absolute atomic E-state index is 0.0537. The molecule has 0 N–H and O–H groups in total. The number of ether oxygens (including phenoxy) is 14. The topological polar surface area (TPSA) is 204 Å². The van der Waals surface area contributed by atoms with Crippen molar-refractivity contribution >= 4 is 39.7 Å². The van der Waals surface area contributed by atoms with Crippen LogP contribution < -0.4 is 4.74 Å². The molecular formula is C45H70F5NO17S2. The summed E-state index contributed by atoms with van der Waals surface area (Å²) in [6, 6.07) is 2.16. The summed E-state index contributed by atoms with van der Waals surface area (Å²) in [5.74, 6) is -13.5. The molecule has 0 aliphatic rings. The van der Waals surface area contributed by atoms with Crippen molar-refractivity contribution in [2.75, 3.05) is 178 Å². The molecule has 25 heteroatoms. The first kappa shape index (κ1) is 65.4. The van der Waals surface area contributed by atoms with E-state index in [9.17, 15) is 41.6 Å². The molecule has 0 aliphatic heterocycles. The summed E-state index contributed by atoms with van der Waals surface area (Å²) < 4.78 is 140. The van der Waals surface area contributed by atoms with Crippen LogP contribution in [0.25, 0.3) is 0 Å². The standard InChI is InChI=1S/C45H70F5NO17S2/c1-3-69-44(54)70-45(2,35-51)8-6-36(52)5-4-9-55-11-13-57-15-17-59-19-21-61-23-25-63-27-29-65-31-33-67-34-32-66-30-28-64-26-24-62-22-20-60-18-16-58-14-12-56-10-7-37(53)68-43-41(49)39(47)38(46)40(48)42(43)50/h3-34H2,1-2H3. The van der Waals surface area contributed by atoms with Crippen molar-refractivity contribution in [2.24, 2.45) is 0 Å². The highest BCUT2D eigenvalue weighted by Gasteiger charge is 2.30. The molecule has 404 valence electrons. The molecule has 0 amide bonds. The van der Waals surface area contributed by atoms with E-state index in [4.69, 9.17) is 61.6 Å². The number of hydrogen-bond donors (Lipinski definition) is 0. The van der Waals surface area contributed by atoms with Crippen molar-refractivity contribution in [3.63, 3.8) is 0 Å². The Morgan fingerprint density at radius 3 is 1.07 bits per heavy atom. The van der Waals surface area contributed by atoms with Crippen molar-refractivity contribution in [3.8, 4) is 11.8 Å².